The zero-order chi connectivity index (χ0) is 17.2. The van der Waals surface area contributed by atoms with E-state index in [9.17, 15) is 13.2 Å². The van der Waals surface area contributed by atoms with Gasteiger partial charge in [0.2, 0.25) is 10.0 Å². The first kappa shape index (κ1) is 16.3. The number of nitrogens with zero attached hydrogens (tertiary/aromatic N) is 2. The third kappa shape index (κ3) is 3.18. The van der Waals surface area contributed by atoms with Gasteiger partial charge in [-0.15, -0.1) is 0 Å². The van der Waals surface area contributed by atoms with Crippen LogP contribution in [0.2, 0.25) is 0 Å². The number of aromatic nitrogens is 1. The van der Waals surface area contributed by atoms with Gasteiger partial charge in [0.1, 0.15) is 5.75 Å². The predicted octanol–water partition coefficient (Wildman–Crippen LogP) is 1.64. The smallest absolute Gasteiger partial charge is 0.267 e. The zero-order valence-electron chi connectivity index (χ0n) is 13.0. The van der Waals surface area contributed by atoms with Crippen LogP contribution < -0.4 is 14.4 Å². The van der Waals surface area contributed by atoms with Crippen LogP contribution in [0.25, 0.3) is 0 Å². The van der Waals surface area contributed by atoms with Crippen molar-refractivity contribution in [3.05, 3.63) is 48.8 Å². The van der Waals surface area contributed by atoms with Gasteiger partial charge in [0.25, 0.3) is 5.91 Å². The molecule has 2 aromatic rings. The number of rotatable bonds is 4. The Balaban J connectivity index is 1.88. The number of pyridine rings is 1. The van der Waals surface area contributed by atoms with Gasteiger partial charge in [-0.25, -0.2) is 8.42 Å². The topological polar surface area (TPSA) is 88.6 Å². The van der Waals surface area contributed by atoms with Gasteiger partial charge in [0.15, 0.2) is 6.10 Å². The second kappa shape index (κ2) is 6.48. The summed E-state index contributed by atoms with van der Waals surface area (Å²) in [5.74, 6) is -0.112. The number of sulfonamides is 1. The molecule has 0 saturated heterocycles. The lowest BCUT2D eigenvalue weighted by Crippen LogP contribution is -2.49. The van der Waals surface area contributed by atoms with E-state index in [1.807, 2.05) is 0 Å². The van der Waals surface area contributed by atoms with Crippen LogP contribution in [0.1, 0.15) is 6.92 Å². The summed E-state index contributed by atoms with van der Waals surface area (Å²) in [6.45, 7) is 1.50. The van der Waals surface area contributed by atoms with Crippen molar-refractivity contribution in [2.24, 2.45) is 0 Å². The third-order valence-corrected chi connectivity index (χ3v) is 5.40. The molecular weight excluding hydrogens is 330 g/mol. The van der Waals surface area contributed by atoms with E-state index in [1.165, 1.54) is 10.5 Å². The quantitative estimate of drug-likeness (QED) is 0.908. The molecule has 0 spiro atoms. The lowest BCUT2D eigenvalue weighted by Gasteiger charge is -2.34. The van der Waals surface area contributed by atoms with Gasteiger partial charge in [0.05, 0.1) is 29.9 Å². The molecule has 1 amide bonds. The van der Waals surface area contributed by atoms with Crippen molar-refractivity contribution >= 4 is 27.3 Å². The lowest BCUT2D eigenvalue weighted by atomic mass is 10.2. The molecule has 0 radical (unpaired) electrons. The van der Waals surface area contributed by atoms with Crippen molar-refractivity contribution in [3.63, 3.8) is 0 Å². The molecule has 1 aliphatic heterocycles. The molecule has 0 bridgehead atoms. The Morgan fingerprint density at radius 1 is 1.33 bits per heavy atom. The molecule has 0 aliphatic carbocycles. The first-order chi connectivity index (χ1) is 11.5. The fourth-order valence-electron chi connectivity index (χ4n) is 2.42. The van der Waals surface area contributed by atoms with E-state index < -0.39 is 22.0 Å². The Morgan fingerprint density at radius 2 is 2.12 bits per heavy atom. The van der Waals surface area contributed by atoms with Crippen LogP contribution in [-0.2, 0) is 14.8 Å². The molecule has 24 heavy (non-hydrogen) atoms. The summed E-state index contributed by atoms with van der Waals surface area (Å²) >= 11 is 0. The number of hydrogen-bond acceptors (Lipinski definition) is 5. The Kier molecular flexibility index (Phi) is 4.39. The molecule has 126 valence electrons. The average molecular weight is 347 g/mol. The summed E-state index contributed by atoms with van der Waals surface area (Å²) in [7, 11) is -3.51. The van der Waals surface area contributed by atoms with E-state index >= 15 is 0 Å². The van der Waals surface area contributed by atoms with Crippen molar-refractivity contribution < 1.29 is 17.9 Å². The number of para-hydroxylation sites is 2. The molecule has 1 unspecified atom stereocenters. The number of benzene rings is 1. The van der Waals surface area contributed by atoms with E-state index in [1.54, 1.807) is 49.5 Å². The summed E-state index contributed by atoms with van der Waals surface area (Å²) in [5, 5.41) is 2.68. The van der Waals surface area contributed by atoms with Crippen LogP contribution in [0.5, 0.6) is 5.75 Å². The minimum atomic E-state index is -3.51. The number of ether oxygens (including phenoxy) is 1. The Labute approximate surface area is 140 Å². The molecule has 1 aromatic carbocycles. The van der Waals surface area contributed by atoms with Gasteiger partial charge >= 0.3 is 0 Å². The highest BCUT2D eigenvalue weighted by Gasteiger charge is 2.35. The zero-order valence-corrected chi connectivity index (χ0v) is 13.9. The van der Waals surface area contributed by atoms with Crippen molar-refractivity contribution in [1.82, 2.24) is 4.98 Å². The van der Waals surface area contributed by atoms with Gasteiger partial charge in [-0.2, -0.15) is 0 Å². The van der Waals surface area contributed by atoms with Gasteiger partial charge in [-0.1, -0.05) is 12.1 Å². The van der Waals surface area contributed by atoms with E-state index in [4.69, 9.17) is 4.74 Å². The van der Waals surface area contributed by atoms with Crippen molar-refractivity contribution in [2.75, 3.05) is 21.9 Å². The summed E-state index contributed by atoms with van der Waals surface area (Å²) < 4.78 is 31.7. The SMILES string of the molecule is CCS(=O)(=O)N1CC(C(=O)Nc2cccnc2)Oc2ccccc21. The second-order valence-corrected chi connectivity index (χ2v) is 7.42. The first-order valence-corrected chi connectivity index (χ1v) is 9.09. The Hall–Kier alpha value is -2.61. The van der Waals surface area contributed by atoms with Gasteiger partial charge in [-0.05, 0) is 31.2 Å². The number of nitrogens with one attached hydrogen (secondary N) is 1. The standard InChI is InChI=1S/C16H17N3O4S/c1-2-24(21,22)19-11-15(23-14-8-4-3-7-13(14)19)16(20)18-12-6-5-9-17-10-12/h3-10,15H,2,11H2,1H3,(H,18,20). The van der Waals surface area contributed by atoms with Crippen LogP contribution in [0.3, 0.4) is 0 Å². The monoisotopic (exact) mass is 347 g/mol. The molecule has 0 saturated carbocycles. The number of carbonyl (C=O) groups excluding carboxylic acids is 1. The largest absolute Gasteiger partial charge is 0.476 e. The van der Waals surface area contributed by atoms with E-state index in [0.29, 0.717) is 17.1 Å². The van der Waals surface area contributed by atoms with Crippen LogP contribution in [0, 0.1) is 0 Å². The van der Waals surface area contributed by atoms with Gasteiger partial charge < -0.3 is 10.1 Å². The molecular formula is C16H17N3O4S. The molecule has 1 atom stereocenters. The van der Waals surface area contributed by atoms with Gasteiger partial charge in [-0.3, -0.25) is 14.1 Å². The number of amides is 1. The van der Waals surface area contributed by atoms with Crippen molar-refractivity contribution in [2.45, 2.75) is 13.0 Å². The maximum Gasteiger partial charge on any atom is 0.267 e. The van der Waals surface area contributed by atoms with E-state index in [2.05, 4.69) is 10.3 Å². The molecule has 0 fully saturated rings. The average Bonchev–Trinajstić information content (AvgIpc) is 2.61. The summed E-state index contributed by atoms with van der Waals surface area (Å²) in [6, 6.07) is 10.2. The maximum absolute atomic E-state index is 12.5. The van der Waals surface area contributed by atoms with Gasteiger partial charge in [0, 0.05) is 6.20 Å². The maximum atomic E-state index is 12.5. The van der Waals surface area contributed by atoms with E-state index in [0.717, 1.165) is 0 Å². The highest BCUT2D eigenvalue weighted by atomic mass is 32.2. The molecule has 1 aliphatic rings. The first-order valence-electron chi connectivity index (χ1n) is 7.48. The molecule has 7 nitrogen and oxygen atoms in total. The van der Waals surface area contributed by atoms with Crippen LogP contribution in [0.4, 0.5) is 11.4 Å². The van der Waals surface area contributed by atoms with Crippen molar-refractivity contribution in [1.29, 1.82) is 0 Å². The van der Waals surface area contributed by atoms with Crippen LogP contribution in [-0.4, -0.2) is 37.7 Å². The number of carbonyl (C=O) groups is 1. The number of fused-ring (bicyclic) bond motifs is 1. The molecule has 8 heteroatoms. The lowest BCUT2D eigenvalue weighted by molar-refractivity contribution is -0.122. The molecule has 2 heterocycles. The minimum absolute atomic E-state index is 0.0573. The molecule has 1 aromatic heterocycles. The summed E-state index contributed by atoms with van der Waals surface area (Å²) in [4.78, 5) is 16.4. The third-order valence-electron chi connectivity index (χ3n) is 3.66. The highest BCUT2D eigenvalue weighted by Crippen LogP contribution is 2.35. The number of anilines is 2. The normalized spacial score (nSPS) is 16.9. The Bertz CT molecular complexity index is 839. The van der Waals surface area contributed by atoms with Crippen LogP contribution in [0.15, 0.2) is 48.8 Å². The minimum Gasteiger partial charge on any atom is -0.476 e. The van der Waals surface area contributed by atoms with Crippen LogP contribution >= 0.6 is 0 Å². The fraction of sp³-hybridized carbons (Fsp3) is 0.250. The van der Waals surface area contributed by atoms with Crippen molar-refractivity contribution in [3.8, 4) is 5.75 Å². The number of hydrogen-bond donors (Lipinski definition) is 1. The highest BCUT2D eigenvalue weighted by molar-refractivity contribution is 7.92. The second-order valence-electron chi connectivity index (χ2n) is 5.24. The fourth-order valence-corrected chi connectivity index (χ4v) is 3.54. The molecule has 1 N–H and O–H groups in total. The predicted molar refractivity (Wildman–Crippen MR) is 90.5 cm³/mol. The molecule has 3 rings (SSSR count). The summed E-state index contributed by atoms with van der Waals surface area (Å²) in [6.07, 6.45) is 2.16. The summed E-state index contributed by atoms with van der Waals surface area (Å²) in [5.41, 5.74) is 0.972. The Morgan fingerprint density at radius 3 is 2.83 bits per heavy atom. The van der Waals surface area contributed by atoms with E-state index in [-0.39, 0.29) is 12.3 Å².